The fraction of sp³-hybridized carbons (Fsp3) is 0.190. The van der Waals surface area contributed by atoms with E-state index in [0.29, 0.717) is 24.0 Å². The van der Waals surface area contributed by atoms with Crippen LogP contribution in [0.25, 0.3) is 16.7 Å². The Morgan fingerprint density at radius 2 is 1.79 bits per heavy atom. The minimum atomic E-state index is -0.508. The van der Waals surface area contributed by atoms with Gasteiger partial charge in [0.25, 0.3) is 0 Å². The topological polar surface area (TPSA) is 87.9 Å². The summed E-state index contributed by atoms with van der Waals surface area (Å²) in [5.74, 6) is 1.09. The second-order valence-electron chi connectivity index (χ2n) is 6.75. The lowest BCUT2D eigenvalue weighted by atomic mass is 10.2. The summed E-state index contributed by atoms with van der Waals surface area (Å²) in [6.45, 7) is 4.12. The number of para-hydroxylation sites is 1. The van der Waals surface area contributed by atoms with Crippen molar-refractivity contribution in [2.75, 3.05) is 17.2 Å². The van der Waals surface area contributed by atoms with Crippen LogP contribution in [0.15, 0.2) is 60.8 Å². The highest BCUT2D eigenvalue weighted by atomic mass is 16.3. The molecular formula is C21H22N6O. The van der Waals surface area contributed by atoms with E-state index < -0.39 is 6.10 Å². The second-order valence-corrected chi connectivity index (χ2v) is 6.75. The van der Waals surface area contributed by atoms with Crippen LogP contribution in [-0.4, -0.2) is 37.5 Å². The van der Waals surface area contributed by atoms with Gasteiger partial charge >= 0.3 is 0 Å². The number of fused-ring (bicyclic) bond motifs is 1. The zero-order chi connectivity index (χ0) is 19.5. The number of hydrogen-bond donors (Lipinski definition) is 3. The molecule has 2 aromatic carbocycles. The first-order chi connectivity index (χ1) is 13.6. The molecule has 0 aliphatic carbocycles. The van der Waals surface area contributed by atoms with Gasteiger partial charge in [-0.2, -0.15) is 15.1 Å². The van der Waals surface area contributed by atoms with Gasteiger partial charge in [-0.1, -0.05) is 35.9 Å². The first-order valence-corrected chi connectivity index (χ1v) is 9.17. The molecule has 3 N–H and O–H groups in total. The van der Waals surface area contributed by atoms with Crippen molar-refractivity contribution in [3.63, 3.8) is 0 Å². The standard InChI is InChI=1S/C21H22N6O/c1-14-8-10-16(11-9-14)24-19-18-13-23-27(17-6-4-3-5-7-17)20(18)26-21(25-19)22-12-15(2)28/h3-11,13,15,28H,12H2,1-2H3,(H2,22,24,25,26)/t15-/m1/s1. The number of hydrogen-bond acceptors (Lipinski definition) is 6. The smallest absolute Gasteiger partial charge is 0.226 e. The van der Waals surface area contributed by atoms with Gasteiger partial charge in [-0.25, -0.2) is 4.68 Å². The van der Waals surface area contributed by atoms with Crippen molar-refractivity contribution < 1.29 is 5.11 Å². The second kappa shape index (κ2) is 7.66. The van der Waals surface area contributed by atoms with Crippen LogP contribution in [0.5, 0.6) is 0 Å². The molecule has 4 rings (SSSR count). The lowest BCUT2D eigenvalue weighted by molar-refractivity contribution is 0.208. The zero-order valence-corrected chi connectivity index (χ0v) is 15.8. The fourth-order valence-electron chi connectivity index (χ4n) is 2.85. The van der Waals surface area contributed by atoms with Crippen molar-refractivity contribution in [2.45, 2.75) is 20.0 Å². The molecule has 0 saturated heterocycles. The third kappa shape index (κ3) is 3.79. The van der Waals surface area contributed by atoms with Gasteiger partial charge in [0, 0.05) is 12.2 Å². The highest BCUT2D eigenvalue weighted by Gasteiger charge is 2.14. The summed E-state index contributed by atoms with van der Waals surface area (Å²) < 4.78 is 1.78. The largest absolute Gasteiger partial charge is 0.392 e. The maximum atomic E-state index is 9.60. The summed E-state index contributed by atoms with van der Waals surface area (Å²) in [6.07, 6.45) is 1.25. The first-order valence-electron chi connectivity index (χ1n) is 9.17. The van der Waals surface area contributed by atoms with Gasteiger partial charge in [0.15, 0.2) is 5.65 Å². The summed E-state index contributed by atoms with van der Waals surface area (Å²) in [5, 5.41) is 21.4. The summed E-state index contributed by atoms with van der Waals surface area (Å²) >= 11 is 0. The van der Waals surface area contributed by atoms with E-state index >= 15 is 0 Å². The Morgan fingerprint density at radius 3 is 2.50 bits per heavy atom. The van der Waals surface area contributed by atoms with Crippen molar-refractivity contribution in [2.24, 2.45) is 0 Å². The molecule has 142 valence electrons. The predicted octanol–water partition coefficient (Wildman–Crippen LogP) is 3.66. The van der Waals surface area contributed by atoms with Gasteiger partial charge in [-0.05, 0) is 38.1 Å². The zero-order valence-electron chi connectivity index (χ0n) is 15.8. The van der Waals surface area contributed by atoms with E-state index in [1.54, 1.807) is 17.8 Å². The number of aliphatic hydroxyl groups is 1. The molecule has 0 fully saturated rings. The highest BCUT2D eigenvalue weighted by Crippen LogP contribution is 2.27. The summed E-state index contributed by atoms with van der Waals surface area (Å²) in [5.41, 5.74) is 3.72. The van der Waals surface area contributed by atoms with Crippen molar-refractivity contribution in [1.82, 2.24) is 19.7 Å². The first kappa shape index (κ1) is 17.9. The summed E-state index contributed by atoms with van der Waals surface area (Å²) in [6, 6.07) is 17.9. The van der Waals surface area contributed by atoms with Gasteiger partial charge in [-0.15, -0.1) is 0 Å². The molecule has 7 nitrogen and oxygen atoms in total. The number of anilines is 3. The van der Waals surface area contributed by atoms with Crippen LogP contribution in [0.2, 0.25) is 0 Å². The minimum absolute atomic E-state index is 0.356. The number of aryl methyl sites for hydroxylation is 1. The van der Waals surface area contributed by atoms with Crippen LogP contribution in [0, 0.1) is 6.92 Å². The number of nitrogens with one attached hydrogen (secondary N) is 2. The van der Waals surface area contributed by atoms with E-state index in [9.17, 15) is 5.11 Å². The monoisotopic (exact) mass is 374 g/mol. The normalized spacial score (nSPS) is 12.1. The minimum Gasteiger partial charge on any atom is -0.392 e. The van der Waals surface area contributed by atoms with Crippen LogP contribution >= 0.6 is 0 Å². The molecule has 0 aliphatic heterocycles. The molecule has 0 radical (unpaired) electrons. The molecule has 2 heterocycles. The van der Waals surface area contributed by atoms with Crippen LogP contribution in [-0.2, 0) is 0 Å². The highest BCUT2D eigenvalue weighted by molar-refractivity contribution is 5.90. The Labute approximate surface area is 163 Å². The Morgan fingerprint density at radius 1 is 1.04 bits per heavy atom. The molecule has 0 aliphatic rings. The third-order valence-corrected chi connectivity index (χ3v) is 4.30. The molecule has 0 amide bonds. The Hall–Kier alpha value is -3.45. The van der Waals surface area contributed by atoms with Gasteiger partial charge in [0.05, 0.1) is 23.4 Å². The number of aliphatic hydroxyl groups excluding tert-OH is 1. The Balaban J connectivity index is 1.80. The molecule has 2 aromatic heterocycles. The van der Waals surface area contributed by atoms with Crippen LogP contribution in [0.4, 0.5) is 17.5 Å². The van der Waals surface area contributed by atoms with Crippen LogP contribution in [0.3, 0.4) is 0 Å². The average molecular weight is 374 g/mol. The third-order valence-electron chi connectivity index (χ3n) is 4.30. The molecule has 28 heavy (non-hydrogen) atoms. The van der Waals surface area contributed by atoms with E-state index in [2.05, 4.69) is 32.6 Å². The van der Waals surface area contributed by atoms with Gasteiger partial charge < -0.3 is 15.7 Å². The van der Waals surface area contributed by atoms with Crippen molar-refractivity contribution in [3.8, 4) is 5.69 Å². The van der Waals surface area contributed by atoms with Crippen molar-refractivity contribution in [1.29, 1.82) is 0 Å². The quantitative estimate of drug-likeness (QED) is 0.477. The van der Waals surface area contributed by atoms with Crippen LogP contribution in [0.1, 0.15) is 12.5 Å². The number of benzene rings is 2. The van der Waals surface area contributed by atoms with E-state index in [4.69, 9.17) is 0 Å². The molecule has 7 heteroatoms. The molecule has 0 bridgehead atoms. The van der Waals surface area contributed by atoms with E-state index in [1.165, 1.54) is 5.56 Å². The number of nitrogens with zero attached hydrogens (tertiary/aromatic N) is 4. The van der Waals surface area contributed by atoms with Crippen molar-refractivity contribution in [3.05, 3.63) is 66.4 Å². The molecule has 0 spiro atoms. The number of rotatable bonds is 6. The lowest BCUT2D eigenvalue weighted by Crippen LogP contribution is -2.17. The lowest BCUT2D eigenvalue weighted by Gasteiger charge is -2.12. The Kier molecular flexibility index (Phi) is 4.90. The fourth-order valence-corrected chi connectivity index (χ4v) is 2.85. The maximum absolute atomic E-state index is 9.60. The molecule has 1 atom stereocenters. The van der Waals surface area contributed by atoms with Gasteiger partial charge in [-0.3, -0.25) is 0 Å². The van der Waals surface area contributed by atoms with Crippen LogP contribution < -0.4 is 10.6 Å². The summed E-state index contributed by atoms with van der Waals surface area (Å²) in [7, 11) is 0. The van der Waals surface area contributed by atoms with Gasteiger partial charge in [0.1, 0.15) is 5.82 Å². The van der Waals surface area contributed by atoms with E-state index in [0.717, 1.165) is 16.8 Å². The van der Waals surface area contributed by atoms with E-state index in [-0.39, 0.29) is 0 Å². The molecule has 0 saturated carbocycles. The maximum Gasteiger partial charge on any atom is 0.226 e. The molecule has 4 aromatic rings. The SMILES string of the molecule is Cc1ccc(Nc2nc(NC[C@@H](C)O)nc3c2cnn3-c2ccccc2)cc1. The molecule has 0 unspecified atom stereocenters. The van der Waals surface area contributed by atoms with E-state index in [1.807, 2.05) is 54.6 Å². The average Bonchev–Trinajstić information content (AvgIpc) is 3.13. The summed E-state index contributed by atoms with van der Waals surface area (Å²) in [4.78, 5) is 9.23. The van der Waals surface area contributed by atoms with Gasteiger partial charge in [0.2, 0.25) is 5.95 Å². The Bertz CT molecular complexity index is 1070. The number of aromatic nitrogens is 4. The molecular weight excluding hydrogens is 352 g/mol. The van der Waals surface area contributed by atoms with Crippen molar-refractivity contribution >= 4 is 28.5 Å². The predicted molar refractivity (Wildman–Crippen MR) is 111 cm³/mol.